The summed E-state index contributed by atoms with van der Waals surface area (Å²) in [5, 5.41) is 8.46. The molecule has 25 heavy (non-hydrogen) atoms. The molecule has 8 heteroatoms. The molecule has 6 nitrogen and oxygen atoms in total. The van der Waals surface area contributed by atoms with Crippen molar-refractivity contribution in [2.24, 2.45) is 0 Å². The van der Waals surface area contributed by atoms with Gasteiger partial charge in [-0.05, 0) is 29.8 Å². The van der Waals surface area contributed by atoms with Crippen LogP contribution in [0.4, 0.5) is 4.39 Å². The summed E-state index contributed by atoms with van der Waals surface area (Å²) in [4.78, 5) is 11.4. The molecule has 0 aliphatic heterocycles. The number of carbonyl (C=O) groups is 1. The van der Waals surface area contributed by atoms with Crippen LogP contribution >= 0.6 is 11.8 Å². The van der Waals surface area contributed by atoms with Gasteiger partial charge in [0.25, 0.3) is 0 Å². The third-order valence-electron chi connectivity index (χ3n) is 3.52. The molecule has 0 radical (unpaired) electrons. The molecular formula is C17H15FN4O2S. The van der Waals surface area contributed by atoms with E-state index in [1.807, 2.05) is 12.1 Å². The van der Waals surface area contributed by atoms with Gasteiger partial charge in [-0.25, -0.2) is 13.9 Å². The van der Waals surface area contributed by atoms with Crippen molar-refractivity contribution in [2.75, 3.05) is 13.0 Å². The lowest BCUT2D eigenvalue weighted by molar-refractivity contribution is 0.0600. The normalized spacial score (nSPS) is 10.6. The van der Waals surface area contributed by atoms with Gasteiger partial charge in [0.1, 0.15) is 5.82 Å². The Bertz CT molecular complexity index is 896. The van der Waals surface area contributed by atoms with Gasteiger partial charge in [-0.2, -0.15) is 0 Å². The van der Waals surface area contributed by atoms with E-state index in [2.05, 4.69) is 14.9 Å². The molecule has 0 unspecified atom stereocenters. The molecule has 2 aromatic carbocycles. The number of nitrogens with zero attached hydrogens (tertiary/aromatic N) is 3. The molecule has 3 rings (SSSR count). The van der Waals surface area contributed by atoms with Gasteiger partial charge in [-0.15, -0.1) is 10.2 Å². The quantitative estimate of drug-likeness (QED) is 0.429. The first-order valence-electron chi connectivity index (χ1n) is 7.35. The monoisotopic (exact) mass is 358 g/mol. The minimum Gasteiger partial charge on any atom is -0.465 e. The highest BCUT2D eigenvalue weighted by molar-refractivity contribution is 7.98. The van der Waals surface area contributed by atoms with E-state index in [1.165, 1.54) is 29.6 Å². The zero-order valence-electron chi connectivity index (χ0n) is 13.3. The first-order valence-corrected chi connectivity index (χ1v) is 8.34. The van der Waals surface area contributed by atoms with Crippen LogP contribution in [0.3, 0.4) is 0 Å². The third-order valence-corrected chi connectivity index (χ3v) is 4.54. The van der Waals surface area contributed by atoms with Crippen molar-refractivity contribution in [2.45, 2.75) is 10.9 Å². The Labute approximate surface area is 147 Å². The molecule has 0 atom stereocenters. The number of thioether (sulfide) groups is 1. The molecule has 0 amide bonds. The topological polar surface area (TPSA) is 83.0 Å². The number of halogens is 1. The van der Waals surface area contributed by atoms with Crippen molar-refractivity contribution in [3.8, 4) is 11.4 Å². The van der Waals surface area contributed by atoms with E-state index < -0.39 is 5.82 Å². The molecule has 1 heterocycles. The molecular weight excluding hydrogens is 343 g/mol. The Morgan fingerprint density at radius 2 is 1.92 bits per heavy atom. The summed E-state index contributed by atoms with van der Waals surface area (Å²) in [5.41, 5.74) is 1.76. The standard InChI is InChI=1S/C17H15FN4O2S/c1-24-16(23)12-8-6-11(7-9-12)10-25-17-21-20-15(22(17)19)13-4-2-3-5-14(13)18/h2-9H,10,19H2,1H3. The maximum absolute atomic E-state index is 13.9. The van der Waals surface area contributed by atoms with Crippen molar-refractivity contribution < 1.29 is 13.9 Å². The molecule has 128 valence electrons. The van der Waals surface area contributed by atoms with Crippen LogP contribution in [0.5, 0.6) is 0 Å². The van der Waals surface area contributed by atoms with Crippen molar-refractivity contribution in [1.29, 1.82) is 0 Å². The highest BCUT2D eigenvalue weighted by atomic mass is 32.2. The number of carbonyl (C=O) groups excluding carboxylic acids is 1. The minimum atomic E-state index is -0.406. The van der Waals surface area contributed by atoms with Gasteiger partial charge in [0.05, 0.1) is 18.2 Å². The number of aromatic nitrogens is 3. The maximum atomic E-state index is 13.9. The molecule has 0 fully saturated rings. The van der Waals surface area contributed by atoms with Gasteiger partial charge < -0.3 is 10.6 Å². The lowest BCUT2D eigenvalue weighted by Crippen LogP contribution is -2.12. The molecule has 0 aliphatic carbocycles. The molecule has 0 saturated carbocycles. The van der Waals surface area contributed by atoms with Crippen molar-refractivity contribution in [1.82, 2.24) is 14.9 Å². The fourth-order valence-corrected chi connectivity index (χ4v) is 3.02. The number of rotatable bonds is 5. The zero-order chi connectivity index (χ0) is 17.8. The van der Waals surface area contributed by atoms with Crippen molar-refractivity contribution in [3.05, 3.63) is 65.5 Å². The first-order chi connectivity index (χ1) is 12.1. The summed E-state index contributed by atoms with van der Waals surface area (Å²) in [7, 11) is 1.34. The summed E-state index contributed by atoms with van der Waals surface area (Å²) in [6, 6.07) is 13.3. The second-order valence-electron chi connectivity index (χ2n) is 5.13. The molecule has 0 saturated heterocycles. The second kappa shape index (κ2) is 7.35. The largest absolute Gasteiger partial charge is 0.465 e. The van der Waals surface area contributed by atoms with Crippen molar-refractivity contribution in [3.63, 3.8) is 0 Å². The van der Waals surface area contributed by atoms with E-state index in [4.69, 9.17) is 5.84 Å². The molecule has 0 bridgehead atoms. The second-order valence-corrected chi connectivity index (χ2v) is 6.08. The Morgan fingerprint density at radius 1 is 1.20 bits per heavy atom. The Kier molecular flexibility index (Phi) is 4.99. The van der Waals surface area contributed by atoms with Crippen LogP contribution in [-0.4, -0.2) is 28.0 Å². The van der Waals surface area contributed by atoms with Crippen LogP contribution in [0.1, 0.15) is 15.9 Å². The summed E-state index contributed by atoms with van der Waals surface area (Å²) >= 11 is 1.37. The van der Waals surface area contributed by atoms with Crippen molar-refractivity contribution >= 4 is 17.7 Å². The predicted octanol–water partition coefficient (Wildman–Crippen LogP) is 2.88. The van der Waals surface area contributed by atoms with Gasteiger partial charge in [-0.1, -0.05) is 36.0 Å². The molecule has 1 aromatic heterocycles. The van der Waals surface area contributed by atoms with E-state index in [9.17, 15) is 9.18 Å². The summed E-state index contributed by atoms with van der Waals surface area (Å²) in [6.45, 7) is 0. The highest BCUT2D eigenvalue weighted by Crippen LogP contribution is 2.25. The van der Waals surface area contributed by atoms with E-state index in [-0.39, 0.29) is 11.8 Å². The Balaban J connectivity index is 1.72. The smallest absolute Gasteiger partial charge is 0.337 e. The summed E-state index contributed by atoms with van der Waals surface area (Å²) in [5.74, 6) is 6.05. The van der Waals surface area contributed by atoms with Crippen LogP contribution < -0.4 is 5.84 Å². The van der Waals surface area contributed by atoms with Crippen LogP contribution in [0.2, 0.25) is 0 Å². The van der Waals surface area contributed by atoms with Crippen LogP contribution in [0, 0.1) is 5.82 Å². The van der Waals surface area contributed by atoms with E-state index >= 15 is 0 Å². The fraction of sp³-hybridized carbons (Fsp3) is 0.118. The average Bonchev–Trinajstić information content (AvgIpc) is 3.00. The summed E-state index contributed by atoms with van der Waals surface area (Å²) in [6.07, 6.45) is 0. The molecule has 2 N–H and O–H groups in total. The zero-order valence-corrected chi connectivity index (χ0v) is 14.2. The van der Waals surface area contributed by atoms with Crippen LogP contribution in [0.25, 0.3) is 11.4 Å². The first kappa shape index (κ1) is 17.0. The van der Waals surface area contributed by atoms with Crippen LogP contribution in [-0.2, 0) is 10.5 Å². The van der Waals surface area contributed by atoms with Gasteiger partial charge in [-0.3, -0.25) is 0 Å². The number of hydrogen-bond donors (Lipinski definition) is 1. The van der Waals surface area contributed by atoms with E-state index in [0.717, 1.165) is 5.56 Å². The number of benzene rings is 2. The van der Waals surface area contributed by atoms with Gasteiger partial charge in [0.15, 0.2) is 5.82 Å². The number of methoxy groups -OCH3 is 1. The number of hydrogen-bond acceptors (Lipinski definition) is 6. The van der Waals surface area contributed by atoms with Gasteiger partial charge in [0.2, 0.25) is 5.16 Å². The number of ether oxygens (including phenoxy) is 1. The number of nitrogen functional groups attached to an aromatic ring is 1. The van der Waals surface area contributed by atoms with E-state index in [1.54, 1.807) is 30.3 Å². The van der Waals surface area contributed by atoms with Gasteiger partial charge >= 0.3 is 5.97 Å². The maximum Gasteiger partial charge on any atom is 0.337 e. The molecule has 0 aliphatic rings. The SMILES string of the molecule is COC(=O)c1ccc(CSc2nnc(-c3ccccc3F)n2N)cc1. The fourth-order valence-electron chi connectivity index (χ4n) is 2.20. The number of nitrogens with two attached hydrogens (primary N) is 1. The molecule has 0 spiro atoms. The third kappa shape index (κ3) is 3.63. The molecule has 3 aromatic rings. The number of esters is 1. The highest BCUT2D eigenvalue weighted by Gasteiger charge is 2.15. The van der Waals surface area contributed by atoms with Gasteiger partial charge in [0, 0.05) is 5.75 Å². The average molecular weight is 358 g/mol. The van der Waals surface area contributed by atoms with Crippen LogP contribution in [0.15, 0.2) is 53.7 Å². The minimum absolute atomic E-state index is 0.265. The predicted molar refractivity (Wildman–Crippen MR) is 92.9 cm³/mol. The lowest BCUT2D eigenvalue weighted by atomic mass is 10.1. The van der Waals surface area contributed by atoms with E-state index in [0.29, 0.717) is 22.0 Å². The Hall–Kier alpha value is -2.87. The summed E-state index contributed by atoms with van der Waals surface area (Å²) < 4.78 is 19.8. The Morgan fingerprint density at radius 3 is 2.60 bits per heavy atom. The lowest BCUT2D eigenvalue weighted by Gasteiger charge is -2.05.